The van der Waals surface area contributed by atoms with Gasteiger partial charge in [-0.25, -0.2) is 12.7 Å². The zero-order valence-electron chi connectivity index (χ0n) is 12.9. The molecule has 1 heterocycles. The highest BCUT2D eigenvalue weighted by atomic mass is 32.2. The molecule has 1 atom stereocenters. The number of nitrogens with one attached hydrogen (secondary N) is 1. The molecule has 0 aromatic heterocycles. The van der Waals surface area contributed by atoms with Crippen LogP contribution in [-0.4, -0.2) is 44.2 Å². The molecule has 1 saturated heterocycles. The van der Waals surface area contributed by atoms with Gasteiger partial charge in [-0.2, -0.15) is 0 Å². The molecular weight excluding hydrogens is 260 g/mol. The molecule has 5 heteroatoms. The van der Waals surface area contributed by atoms with E-state index in [0.29, 0.717) is 31.0 Å². The smallest absolute Gasteiger partial charge is 0.214 e. The van der Waals surface area contributed by atoms with Gasteiger partial charge in [0.2, 0.25) is 10.0 Å². The Balaban J connectivity index is 2.65. The molecule has 114 valence electrons. The van der Waals surface area contributed by atoms with E-state index < -0.39 is 10.0 Å². The predicted molar refractivity (Wildman–Crippen MR) is 80.7 cm³/mol. The fraction of sp³-hybridized carbons (Fsp3) is 1.00. The Morgan fingerprint density at radius 3 is 2.37 bits per heavy atom. The van der Waals surface area contributed by atoms with Gasteiger partial charge >= 0.3 is 0 Å². The summed E-state index contributed by atoms with van der Waals surface area (Å²) in [7, 11) is -3.11. The molecule has 4 nitrogen and oxygen atoms in total. The minimum Gasteiger partial charge on any atom is -0.313 e. The Bertz CT molecular complexity index is 346. The highest BCUT2D eigenvalue weighted by molar-refractivity contribution is 7.89. The van der Waals surface area contributed by atoms with Crippen LogP contribution in [0.2, 0.25) is 0 Å². The van der Waals surface area contributed by atoms with Gasteiger partial charge in [0, 0.05) is 19.1 Å². The fourth-order valence-electron chi connectivity index (χ4n) is 2.38. The molecular formula is C14H30N2O2S. The maximum absolute atomic E-state index is 12.5. The Kier molecular flexibility index (Phi) is 6.77. The van der Waals surface area contributed by atoms with Gasteiger partial charge in [0.05, 0.1) is 5.75 Å². The molecule has 1 N–H and O–H groups in total. The van der Waals surface area contributed by atoms with E-state index in [1.807, 2.05) is 0 Å². The van der Waals surface area contributed by atoms with E-state index in [2.05, 4.69) is 33.0 Å². The Labute approximate surface area is 119 Å². The van der Waals surface area contributed by atoms with Crippen molar-refractivity contribution in [1.82, 2.24) is 9.62 Å². The third kappa shape index (κ3) is 6.23. The van der Waals surface area contributed by atoms with E-state index in [-0.39, 0.29) is 5.75 Å². The first kappa shape index (κ1) is 16.9. The lowest BCUT2D eigenvalue weighted by atomic mass is 10.2. The van der Waals surface area contributed by atoms with Crippen LogP contribution in [-0.2, 0) is 10.0 Å². The second-order valence-corrected chi connectivity index (χ2v) is 8.59. The average molecular weight is 290 g/mol. The number of sulfonamides is 1. The number of nitrogens with zero attached hydrogens (tertiary/aromatic N) is 1. The number of hydrogen-bond acceptors (Lipinski definition) is 3. The van der Waals surface area contributed by atoms with Crippen LogP contribution in [0.3, 0.4) is 0 Å². The second kappa shape index (κ2) is 7.60. The van der Waals surface area contributed by atoms with Gasteiger partial charge in [-0.1, -0.05) is 27.7 Å². The molecule has 0 aromatic rings. The first-order valence-electron chi connectivity index (χ1n) is 7.52. The van der Waals surface area contributed by atoms with Gasteiger partial charge in [-0.3, -0.25) is 0 Å². The fourth-order valence-corrected chi connectivity index (χ4v) is 4.34. The topological polar surface area (TPSA) is 49.4 Å². The molecule has 0 amide bonds. The van der Waals surface area contributed by atoms with Crippen LogP contribution < -0.4 is 5.32 Å². The van der Waals surface area contributed by atoms with Crippen LogP contribution in [0.4, 0.5) is 0 Å². The standard InChI is InChI=1S/C14H30N2O2S/c1-12(2)7-9-19(17,18)16(10-13(3)4)11-14-6-5-8-15-14/h12-15H,5-11H2,1-4H3. The van der Waals surface area contributed by atoms with Crippen LogP contribution in [0, 0.1) is 11.8 Å². The van der Waals surface area contributed by atoms with Gasteiger partial charge in [0.15, 0.2) is 0 Å². The summed E-state index contributed by atoms with van der Waals surface area (Å²) >= 11 is 0. The molecule has 1 rings (SSSR count). The van der Waals surface area contributed by atoms with Crippen molar-refractivity contribution in [1.29, 1.82) is 0 Å². The van der Waals surface area contributed by atoms with Crippen molar-refractivity contribution in [2.24, 2.45) is 11.8 Å². The summed E-state index contributed by atoms with van der Waals surface area (Å²) in [4.78, 5) is 0. The monoisotopic (exact) mass is 290 g/mol. The largest absolute Gasteiger partial charge is 0.313 e. The van der Waals surface area contributed by atoms with Crippen molar-refractivity contribution in [2.75, 3.05) is 25.4 Å². The van der Waals surface area contributed by atoms with Crippen LogP contribution in [0.1, 0.15) is 47.0 Å². The summed E-state index contributed by atoms with van der Waals surface area (Å²) < 4.78 is 26.6. The molecule has 1 aliphatic rings. The van der Waals surface area contributed by atoms with Crippen molar-refractivity contribution in [3.63, 3.8) is 0 Å². The van der Waals surface area contributed by atoms with E-state index in [0.717, 1.165) is 25.8 Å². The molecule has 0 radical (unpaired) electrons. The summed E-state index contributed by atoms with van der Waals surface area (Å²) in [6.45, 7) is 10.6. The molecule has 0 spiro atoms. The van der Waals surface area contributed by atoms with E-state index >= 15 is 0 Å². The van der Waals surface area contributed by atoms with E-state index in [9.17, 15) is 8.42 Å². The van der Waals surface area contributed by atoms with Crippen molar-refractivity contribution in [2.45, 2.75) is 53.0 Å². The number of hydrogen-bond donors (Lipinski definition) is 1. The lowest BCUT2D eigenvalue weighted by Crippen LogP contribution is -2.43. The predicted octanol–water partition coefficient (Wildman–Crippen LogP) is 2.07. The number of rotatable bonds is 8. The van der Waals surface area contributed by atoms with Crippen molar-refractivity contribution >= 4 is 10.0 Å². The van der Waals surface area contributed by atoms with Crippen molar-refractivity contribution in [3.05, 3.63) is 0 Å². The van der Waals surface area contributed by atoms with Crippen LogP contribution in [0.15, 0.2) is 0 Å². The minimum atomic E-state index is -3.11. The molecule has 19 heavy (non-hydrogen) atoms. The van der Waals surface area contributed by atoms with E-state index in [1.54, 1.807) is 4.31 Å². The molecule has 0 aromatic carbocycles. The highest BCUT2D eigenvalue weighted by Gasteiger charge is 2.27. The maximum atomic E-state index is 12.5. The maximum Gasteiger partial charge on any atom is 0.214 e. The molecule has 1 aliphatic heterocycles. The second-order valence-electron chi connectivity index (χ2n) is 6.50. The SMILES string of the molecule is CC(C)CCS(=O)(=O)N(CC(C)C)CC1CCCN1. The van der Waals surface area contributed by atoms with Crippen LogP contribution in [0.25, 0.3) is 0 Å². The summed E-state index contributed by atoms with van der Waals surface area (Å²) in [5.74, 6) is 1.08. The summed E-state index contributed by atoms with van der Waals surface area (Å²) in [6, 6.07) is 0.340. The summed E-state index contributed by atoms with van der Waals surface area (Å²) in [6.07, 6.45) is 3.00. The van der Waals surface area contributed by atoms with Crippen molar-refractivity contribution < 1.29 is 8.42 Å². The zero-order chi connectivity index (χ0) is 14.5. The average Bonchev–Trinajstić information content (AvgIpc) is 2.78. The molecule has 1 fully saturated rings. The Morgan fingerprint density at radius 1 is 1.21 bits per heavy atom. The summed E-state index contributed by atoms with van der Waals surface area (Å²) in [5.41, 5.74) is 0. The van der Waals surface area contributed by atoms with Crippen LogP contribution >= 0.6 is 0 Å². The minimum absolute atomic E-state index is 0.282. The van der Waals surface area contributed by atoms with Crippen molar-refractivity contribution in [3.8, 4) is 0 Å². The van der Waals surface area contributed by atoms with Gasteiger partial charge < -0.3 is 5.32 Å². The third-order valence-electron chi connectivity index (χ3n) is 3.50. The van der Waals surface area contributed by atoms with Crippen LogP contribution in [0.5, 0.6) is 0 Å². The zero-order valence-corrected chi connectivity index (χ0v) is 13.7. The Hall–Kier alpha value is -0.130. The van der Waals surface area contributed by atoms with Gasteiger partial charge in [0.25, 0.3) is 0 Å². The molecule has 1 unspecified atom stereocenters. The van der Waals surface area contributed by atoms with E-state index in [1.165, 1.54) is 0 Å². The highest BCUT2D eigenvalue weighted by Crippen LogP contribution is 2.14. The lowest BCUT2D eigenvalue weighted by Gasteiger charge is -2.27. The summed E-state index contributed by atoms with van der Waals surface area (Å²) in [5, 5.41) is 3.39. The molecule has 0 saturated carbocycles. The Morgan fingerprint density at radius 2 is 1.89 bits per heavy atom. The third-order valence-corrected chi connectivity index (χ3v) is 5.34. The van der Waals surface area contributed by atoms with Gasteiger partial charge in [-0.05, 0) is 37.6 Å². The first-order chi connectivity index (χ1) is 8.81. The van der Waals surface area contributed by atoms with Gasteiger partial charge in [0.1, 0.15) is 0 Å². The quantitative estimate of drug-likeness (QED) is 0.744. The molecule has 0 aliphatic carbocycles. The van der Waals surface area contributed by atoms with Gasteiger partial charge in [-0.15, -0.1) is 0 Å². The normalized spacial score (nSPS) is 20.9. The molecule has 0 bridgehead atoms. The first-order valence-corrected chi connectivity index (χ1v) is 9.13. The van der Waals surface area contributed by atoms with E-state index in [4.69, 9.17) is 0 Å². The lowest BCUT2D eigenvalue weighted by molar-refractivity contribution is 0.335.